The Morgan fingerprint density at radius 2 is 2.71 bits per heavy atom. The Morgan fingerprint density at radius 3 is 3.00 bits per heavy atom. The molecule has 0 spiro atoms. The van der Waals surface area contributed by atoms with E-state index in [1.165, 1.54) is 11.3 Å². The normalized spacial score (nSPS) is 8.57. The van der Waals surface area contributed by atoms with Crippen LogP contribution < -0.4 is 0 Å². The molecule has 1 aromatic heterocycles. The van der Waals surface area contributed by atoms with Crippen LogP contribution in [-0.2, 0) is 0 Å². The standard InChI is InChI=1S/C4H4N2S/c1-5-4-6-2-3-7-4/h2-3H,1H2. The lowest BCUT2D eigenvalue weighted by molar-refractivity contribution is 1.37. The second-order valence-electron chi connectivity index (χ2n) is 0.973. The topological polar surface area (TPSA) is 25.2 Å². The summed E-state index contributed by atoms with van der Waals surface area (Å²) in [4.78, 5) is 7.41. The lowest BCUT2D eigenvalue weighted by Gasteiger charge is -1.70. The summed E-state index contributed by atoms with van der Waals surface area (Å²) in [5.41, 5.74) is 0. The Labute approximate surface area is 45.6 Å². The molecule has 1 aromatic rings. The summed E-state index contributed by atoms with van der Waals surface area (Å²) in [6.45, 7) is 3.30. The molecule has 0 saturated heterocycles. The zero-order valence-corrected chi connectivity index (χ0v) is 4.48. The van der Waals surface area contributed by atoms with Crippen molar-refractivity contribution in [2.75, 3.05) is 0 Å². The van der Waals surface area contributed by atoms with Gasteiger partial charge >= 0.3 is 0 Å². The molecule has 0 aliphatic rings. The summed E-state index contributed by atoms with van der Waals surface area (Å²) in [7, 11) is 0. The van der Waals surface area contributed by atoms with E-state index in [1.807, 2.05) is 5.38 Å². The van der Waals surface area contributed by atoms with Crippen molar-refractivity contribution in [1.82, 2.24) is 4.98 Å². The molecule has 0 bridgehead atoms. The minimum absolute atomic E-state index is 0.736. The highest BCUT2D eigenvalue weighted by Crippen LogP contribution is 2.12. The van der Waals surface area contributed by atoms with E-state index in [0.717, 1.165) is 5.13 Å². The molecule has 0 atom stereocenters. The first-order valence-electron chi connectivity index (χ1n) is 1.79. The van der Waals surface area contributed by atoms with Gasteiger partial charge in [-0.25, -0.2) is 9.98 Å². The number of hydrogen-bond acceptors (Lipinski definition) is 3. The molecule has 7 heavy (non-hydrogen) atoms. The van der Waals surface area contributed by atoms with Crippen molar-refractivity contribution < 1.29 is 0 Å². The average Bonchev–Trinajstić information content (AvgIpc) is 2.14. The Balaban J connectivity index is 2.96. The molecule has 0 radical (unpaired) electrons. The van der Waals surface area contributed by atoms with Crippen molar-refractivity contribution in [3.05, 3.63) is 11.6 Å². The molecule has 2 nitrogen and oxygen atoms in total. The van der Waals surface area contributed by atoms with Gasteiger partial charge in [0.25, 0.3) is 0 Å². The van der Waals surface area contributed by atoms with Gasteiger partial charge in [-0.2, -0.15) is 0 Å². The van der Waals surface area contributed by atoms with Gasteiger partial charge in [0.2, 0.25) is 5.13 Å². The summed E-state index contributed by atoms with van der Waals surface area (Å²) < 4.78 is 0. The molecule has 36 valence electrons. The smallest absolute Gasteiger partial charge is 0.208 e. The number of aliphatic imine (C=N–C) groups is 1. The van der Waals surface area contributed by atoms with Crippen LogP contribution in [0.3, 0.4) is 0 Å². The van der Waals surface area contributed by atoms with Crippen LogP contribution in [0.4, 0.5) is 5.13 Å². The first-order chi connectivity index (χ1) is 3.43. The molecule has 0 fully saturated rings. The quantitative estimate of drug-likeness (QED) is 0.505. The van der Waals surface area contributed by atoms with Crippen molar-refractivity contribution in [3.63, 3.8) is 0 Å². The van der Waals surface area contributed by atoms with Crippen molar-refractivity contribution in [1.29, 1.82) is 0 Å². The van der Waals surface area contributed by atoms with Crippen molar-refractivity contribution in [2.45, 2.75) is 0 Å². The van der Waals surface area contributed by atoms with Crippen molar-refractivity contribution in [3.8, 4) is 0 Å². The number of rotatable bonds is 1. The van der Waals surface area contributed by atoms with E-state index in [-0.39, 0.29) is 0 Å². The van der Waals surface area contributed by atoms with Crippen molar-refractivity contribution in [2.24, 2.45) is 4.99 Å². The minimum Gasteiger partial charge on any atom is -0.236 e. The van der Waals surface area contributed by atoms with Crippen LogP contribution in [0, 0.1) is 0 Å². The average molecular weight is 112 g/mol. The van der Waals surface area contributed by atoms with E-state index < -0.39 is 0 Å². The van der Waals surface area contributed by atoms with E-state index in [4.69, 9.17) is 0 Å². The Hall–Kier alpha value is -0.700. The van der Waals surface area contributed by atoms with Crippen molar-refractivity contribution >= 4 is 23.2 Å². The van der Waals surface area contributed by atoms with Crippen LogP contribution in [0.2, 0.25) is 0 Å². The molecule has 1 rings (SSSR count). The molecule has 0 N–H and O–H groups in total. The van der Waals surface area contributed by atoms with Crippen LogP contribution in [0.15, 0.2) is 16.6 Å². The summed E-state index contributed by atoms with van der Waals surface area (Å²) >= 11 is 1.48. The highest BCUT2D eigenvalue weighted by atomic mass is 32.1. The second kappa shape index (κ2) is 1.84. The maximum Gasteiger partial charge on any atom is 0.208 e. The minimum atomic E-state index is 0.736. The highest BCUT2D eigenvalue weighted by Gasteiger charge is 1.81. The fourth-order valence-corrected chi connectivity index (χ4v) is 0.734. The van der Waals surface area contributed by atoms with Crippen LogP contribution in [-0.4, -0.2) is 11.7 Å². The van der Waals surface area contributed by atoms with Gasteiger partial charge in [0.1, 0.15) is 0 Å². The van der Waals surface area contributed by atoms with Gasteiger partial charge < -0.3 is 0 Å². The summed E-state index contributed by atoms with van der Waals surface area (Å²) in [6.07, 6.45) is 1.70. The van der Waals surface area contributed by atoms with Gasteiger partial charge in [0.05, 0.1) is 0 Å². The van der Waals surface area contributed by atoms with Gasteiger partial charge in [-0.1, -0.05) is 0 Å². The lowest BCUT2D eigenvalue weighted by atomic mass is 11.0. The maximum absolute atomic E-state index is 3.82. The fraction of sp³-hybridized carbons (Fsp3) is 0. The third-order valence-corrected chi connectivity index (χ3v) is 1.26. The Kier molecular flexibility index (Phi) is 1.17. The summed E-state index contributed by atoms with van der Waals surface area (Å²) in [5, 5.41) is 2.60. The highest BCUT2D eigenvalue weighted by molar-refractivity contribution is 7.13. The molecule has 0 aliphatic carbocycles. The zero-order chi connectivity index (χ0) is 5.11. The van der Waals surface area contributed by atoms with E-state index in [2.05, 4.69) is 16.7 Å². The fourth-order valence-electron chi connectivity index (χ4n) is 0.294. The maximum atomic E-state index is 3.82. The second-order valence-corrected chi connectivity index (χ2v) is 1.85. The zero-order valence-electron chi connectivity index (χ0n) is 3.66. The number of thiazole rings is 1. The molecule has 1 heterocycles. The lowest BCUT2D eigenvalue weighted by Crippen LogP contribution is -1.50. The third-order valence-electron chi connectivity index (χ3n) is 0.555. The number of aromatic nitrogens is 1. The van der Waals surface area contributed by atoms with Gasteiger partial charge in [-0.15, -0.1) is 11.3 Å². The number of nitrogens with zero attached hydrogens (tertiary/aromatic N) is 2. The monoisotopic (exact) mass is 112 g/mol. The molecule has 3 heteroatoms. The van der Waals surface area contributed by atoms with Crippen LogP contribution in [0.5, 0.6) is 0 Å². The van der Waals surface area contributed by atoms with E-state index in [0.29, 0.717) is 0 Å². The van der Waals surface area contributed by atoms with Crippen LogP contribution >= 0.6 is 11.3 Å². The SMILES string of the molecule is C=Nc1nccs1. The predicted octanol–water partition coefficient (Wildman–Crippen LogP) is 1.48. The largest absolute Gasteiger partial charge is 0.236 e. The Morgan fingerprint density at radius 1 is 1.86 bits per heavy atom. The molecular formula is C4H4N2S. The molecule has 0 aliphatic heterocycles. The summed E-state index contributed by atoms with van der Waals surface area (Å²) in [5.74, 6) is 0. The first-order valence-corrected chi connectivity index (χ1v) is 2.67. The molecule has 0 amide bonds. The molecular weight excluding hydrogens is 108 g/mol. The molecule has 0 aromatic carbocycles. The molecule has 0 saturated carbocycles. The van der Waals surface area contributed by atoms with Gasteiger partial charge in [-0.05, 0) is 6.72 Å². The van der Waals surface area contributed by atoms with Gasteiger partial charge in [0, 0.05) is 11.6 Å². The Bertz CT molecular complexity index is 145. The van der Waals surface area contributed by atoms with E-state index >= 15 is 0 Å². The molecule has 0 unspecified atom stereocenters. The van der Waals surface area contributed by atoms with Crippen LogP contribution in [0.1, 0.15) is 0 Å². The summed E-state index contributed by atoms with van der Waals surface area (Å²) in [6, 6.07) is 0. The predicted molar refractivity (Wildman–Crippen MR) is 31.3 cm³/mol. The van der Waals surface area contributed by atoms with E-state index in [1.54, 1.807) is 6.20 Å². The van der Waals surface area contributed by atoms with Crippen LogP contribution in [0.25, 0.3) is 0 Å². The third kappa shape index (κ3) is 0.838. The first kappa shape index (κ1) is 4.46. The number of hydrogen-bond donors (Lipinski definition) is 0. The van der Waals surface area contributed by atoms with Gasteiger partial charge in [-0.3, -0.25) is 0 Å². The van der Waals surface area contributed by atoms with E-state index in [9.17, 15) is 0 Å². The van der Waals surface area contributed by atoms with Gasteiger partial charge in [0.15, 0.2) is 0 Å².